The van der Waals surface area contributed by atoms with Crippen molar-refractivity contribution in [2.75, 3.05) is 6.54 Å². The Kier molecular flexibility index (Phi) is 5.27. The van der Waals surface area contributed by atoms with Crippen molar-refractivity contribution in [1.82, 2.24) is 15.1 Å². The van der Waals surface area contributed by atoms with Gasteiger partial charge < -0.3 is 10.0 Å². The number of aromatic nitrogens is 2. The molecule has 8 heteroatoms. The minimum Gasteiger partial charge on any atom is -0.382 e. The molecule has 2 N–H and O–H groups in total. The van der Waals surface area contributed by atoms with E-state index in [2.05, 4.69) is 10.2 Å². The molecule has 0 unspecified atom stereocenters. The maximum Gasteiger partial charge on any atom is 0.268 e. The molecular weight excluding hydrogens is 400 g/mol. The topological polar surface area (TPSA) is 69.2 Å². The van der Waals surface area contributed by atoms with Crippen molar-refractivity contribution in [2.45, 2.75) is 38.3 Å². The fourth-order valence-corrected chi connectivity index (χ4v) is 4.36. The molecule has 1 aliphatic heterocycles. The molecule has 0 spiro atoms. The number of halogens is 3. The van der Waals surface area contributed by atoms with E-state index in [-0.39, 0.29) is 23.9 Å². The Hall–Kier alpha value is -2.51. The van der Waals surface area contributed by atoms with E-state index in [1.54, 1.807) is 23.2 Å². The highest BCUT2D eigenvalue weighted by atomic mass is 35.5. The van der Waals surface area contributed by atoms with Gasteiger partial charge in [-0.2, -0.15) is 5.10 Å². The number of hydrogen-bond donors (Lipinski definition) is 2. The predicted molar refractivity (Wildman–Crippen MR) is 106 cm³/mol. The number of aliphatic hydroxyl groups is 1. The number of aromatic amines is 1. The molecule has 4 rings (SSSR count). The molecule has 5 nitrogen and oxygen atoms in total. The van der Waals surface area contributed by atoms with Crippen molar-refractivity contribution in [3.8, 4) is 0 Å². The van der Waals surface area contributed by atoms with Crippen LogP contribution in [0.2, 0.25) is 5.02 Å². The van der Waals surface area contributed by atoms with Gasteiger partial charge in [-0.1, -0.05) is 29.8 Å². The molecule has 0 saturated carbocycles. The van der Waals surface area contributed by atoms with Crippen LogP contribution >= 0.6 is 11.6 Å². The molecule has 2 heterocycles. The summed E-state index contributed by atoms with van der Waals surface area (Å²) in [5.74, 6) is -0.0986. The molecular formula is C21H20ClF2N3O2. The molecule has 1 aliphatic rings. The van der Waals surface area contributed by atoms with Gasteiger partial charge in [0, 0.05) is 17.0 Å². The van der Waals surface area contributed by atoms with Crippen molar-refractivity contribution in [1.29, 1.82) is 0 Å². The minimum absolute atomic E-state index is 0.0986. The lowest BCUT2D eigenvalue weighted by molar-refractivity contribution is -0.133. The number of carbonyl (C=O) groups excluding carboxylic acids is 1. The van der Waals surface area contributed by atoms with E-state index in [4.69, 9.17) is 11.6 Å². The summed E-state index contributed by atoms with van der Waals surface area (Å²) in [5.41, 5.74) is 3.24. The highest BCUT2D eigenvalue weighted by Gasteiger charge is 2.32. The minimum atomic E-state index is -2.85. The smallest absolute Gasteiger partial charge is 0.268 e. The fourth-order valence-electron chi connectivity index (χ4n) is 4.13. The van der Waals surface area contributed by atoms with Gasteiger partial charge in [0.05, 0.1) is 24.2 Å². The van der Waals surface area contributed by atoms with Crippen LogP contribution in [0.4, 0.5) is 8.78 Å². The van der Waals surface area contributed by atoms with Crippen molar-refractivity contribution >= 4 is 28.4 Å². The lowest BCUT2D eigenvalue weighted by Crippen LogP contribution is -2.40. The van der Waals surface area contributed by atoms with Crippen molar-refractivity contribution in [3.05, 3.63) is 63.8 Å². The molecule has 0 fully saturated rings. The normalized spacial score (nSPS) is 17.6. The van der Waals surface area contributed by atoms with Crippen LogP contribution in [-0.4, -0.2) is 39.1 Å². The summed E-state index contributed by atoms with van der Waals surface area (Å²) in [4.78, 5) is 14.8. The van der Waals surface area contributed by atoms with Crippen molar-refractivity contribution in [2.24, 2.45) is 0 Å². The molecule has 2 aromatic carbocycles. The molecule has 2 atom stereocenters. The molecule has 152 valence electrons. The van der Waals surface area contributed by atoms with Crippen LogP contribution < -0.4 is 0 Å². The van der Waals surface area contributed by atoms with Gasteiger partial charge in [0.2, 0.25) is 5.91 Å². The van der Waals surface area contributed by atoms with E-state index in [0.29, 0.717) is 29.1 Å². The molecule has 0 aliphatic carbocycles. The molecule has 0 bridgehead atoms. The Morgan fingerprint density at radius 1 is 1.38 bits per heavy atom. The number of nitrogens with one attached hydrogen (secondary N) is 1. The van der Waals surface area contributed by atoms with Gasteiger partial charge in [0.15, 0.2) is 0 Å². The SMILES string of the molecule is C[C@H]1c2cccc([C@H](O)C(F)F)c2CCN1C(=O)Cc1c(Cl)ccc2[nH]ncc12. The number of aliphatic hydroxyl groups excluding tert-OH is 1. The number of fused-ring (bicyclic) bond motifs is 2. The number of carbonyl (C=O) groups is 1. The van der Waals surface area contributed by atoms with E-state index in [1.165, 1.54) is 6.07 Å². The average molecular weight is 420 g/mol. The van der Waals surface area contributed by atoms with Gasteiger partial charge in [-0.25, -0.2) is 8.78 Å². The Morgan fingerprint density at radius 3 is 2.93 bits per heavy atom. The summed E-state index contributed by atoms with van der Waals surface area (Å²) in [6.07, 6.45) is -2.49. The number of benzene rings is 2. The van der Waals surface area contributed by atoms with Crippen molar-refractivity contribution in [3.63, 3.8) is 0 Å². The lowest BCUT2D eigenvalue weighted by atomic mass is 9.87. The molecule has 3 aromatic rings. The maximum absolute atomic E-state index is 13.1. The first-order valence-electron chi connectivity index (χ1n) is 9.36. The fraction of sp³-hybridized carbons (Fsp3) is 0.333. The molecule has 1 aromatic heterocycles. The van der Waals surface area contributed by atoms with E-state index in [9.17, 15) is 18.7 Å². The molecule has 29 heavy (non-hydrogen) atoms. The Morgan fingerprint density at radius 2 is 2.17 bits per heavy atom. The van der Waals surface area contributed by atoms with E-state index in [0.717, 1.165) is 16.5 Å². The molecule has 0 saturated heterocycles. The highest BCUT2D eigenvalue weighted by molar-refractivity contribution is 6.32. The van der Waals surface area contributed by atoms with Gasteiger partial charge in [0.25, 0.3) is 6.43 Å². The third-order valence-electron chi connectivity index (χ3n) is 5.65. The number of amides is 1. The quantitative estimate of drug-likeness (QED) is 0.665. The Balaban J connectivity index is 1.62. The number of H-pyrrole nitrogens is 1. The van der Waals surface area contributed by atoms with E-state index in [1.807, 2.05) is 19.1 Å². The number of rotatable bonds is 4. The summed E-state index contributed by atoms with van der Waals surface area (Å²) < 4.78 is 26.1. The standard InChI is InChI=1S/C21H20ClF2N3O2/c1-11-12-3-2-4-14(20(29)21(23)24)13(12)7-8-27(11)19(28)9-15-16-10-25-26-18(16)6-5-17(15)22/h2-6,10-11,20-21,29H,7-9H2,1H3,(H,25,26)/t11-,20-/m0/s1. The first kappa shape index (κ1) is 19.8. The van der Waals surface area contributed by atoms with Gasteiger partial charge >= 0.3 is 0 Å². The second-order valence-electron chi connectivity index (χ2n) is 7.24. The van der Waals surface area contributed by atoms with Crippen LogP contribution in [0.5, 0.6) is 0 Å². The summed E-state index contributed by atoms with van der Waals surface area (Å²) in [7, 11) is 0. The zero-order valence-electron chi connectivity index (χ0n) is 15.7. The Labute approximate surface area is 171 Å². The van der Waals surface area contributed by atoms with Crippen LogP contribution in [0.25, 0.3) is 10.9 Å². The summed E-state index contributed by atoms with van der Waals surface area (Å²) in [6, 6.07) is 8.25. The van der Waals surface area contributed by atoms with Gasteiger partial charge in [0.1, 0.15) is 6.10 Å². The first-order chi connectivity index (χ1) is 13.9. The summed E-state index contributed by atoms with van der Waals surface area (Å²) in [6.45, 7) is 2.26. The molecule has 0 radical (unpaired) electrons. The second-order valence-corrected chi connectivity index (χ2v) is 7.65. The van der Waals surface area contributed by atoms with Gasteiger partial charge in [-0.3, -0.25) is 9.89 Å². The Bertz CT molecular complexity index is 1070. The van der Waals surface area contributed by atoms with Crippen LogP contribution in [0.3, 0.4) is 0 Å². The third-order valence-corrected chi connectivity index (χ3v) is 6.01. The van der Waals surface area contributed by atoms with Gasteiger partial charge in [-0.05, 0) is 47.7 Å². The third kappa shape index (κ3) is 3.49. The zero-order chi connectivity index (χ0) is 20.7. The largest absolute Gasteiger partial charge is 0.382 e. The average Bonchev–Trinajstić information content (AvgIpc) is 3.18. The maximum atomic E-state index is 13.1. The number of hydrogen-bond acceptors (Lipinski definition) is 3. The van der Waals surface area contributed by atoms with Crippen LogP contribution in [0.15, 0.2) is 36.5 Å². The lowest BCUT2D eigenvalue weighted by Gasteiger charge is -2.37. The van der Waals surface area contributed by atoms with Crippen LogP contribution in [0, 0.1) is 0 Å². The predicted octanol–water partition coefficient (Wildman–Crippen LogP) is 4.20. The molecule has 1 amide bonds. The number of nitrogens with zero attached hydrogens (tertiary/aromatic N) is 2. The van der Waals surface area contributed by atoms with Crippen LogP contribution in [0.1, 0.15) is 41.3 Å². The second kappa shape index (κ2) is 7.72. The van der Waals surface area contributed by atoms with Gasteiger partial charge in [-0.15, -0.1) is 0 Å². The number of alkyl halides is 2. The monoisotopic (exact) mass is 419 g/mol. The van der Waals surface area contributed by atoms with Crippen LogP contribution in [-0.2, 0) is 17.6 Å². The van der Waals surface area contributed by atoms with Crippen molar-refractivity contribution < 1.29 is 18.7 Å². The van der Waals surface area contributed by atoms with E-state index >= 15 is 0 Å². The zero-order valence-corrected chi connectivity index (χ0v) is 16.5. The summed E-state index contributed by atoms with van der Waals surface area (Å²) >= 11 is 6.33. The highest BCUT2D eigenvalue weighted by Crippen LogP contribution is 2.36. The first-order valence-corrected chi connectivity index (χ1v) is 9.74. The summed E-state index contributed by atoms with van der Waals surface area (Å²) in [5, 5.41) is 18.1. The van der Waals surface area contributed by atoms with E-state index < -0.39 is 12.5 Å².